The Kier molecular flexibility index (Phi) is 5.09. The molecule has 0 aliphatic carbocycles. The predicted molar refractivity (Wildman–Crippen MR) is 116 cm³/mol. The number of nitriles is 1. The number of aryl methyl sites for hydroxylation is 1. The zero-order valence-electron chi connectivity index (χ0n) is 16.8. The number of piperazine rings is 1. The molecule has 0 N–H and O–H groups in total. The molecule has 0 unspecified atom stereocenters. The van der Waals surface area contributed by atoms with Gasteiger partial charge in [-0.25, -0.2) is 0 Å². The van der Waals surface area contributed by atoms with Crippen molar-refractivity contribution in [3.05, 3.63) is 71.4 Å². The number of hydrogen-bond acceptors (Lipinski definition) is 3. The molecule has 2 heterocycles. The minimum absolute atomic E-state index is 0.187. The molecule has 5 heteroatoms. The van der Waals surface area contributed by atoms with Gasteiger partial charge in [-0.05, 0) is 31.2 Å². The van der Waals surface area contributed by atoms with Gasteiger partial charge in [0.2, 0.25) is 0 Å². The maximum atomic E-state index is 13.0. The number of fused-ring (bicyclic) bond motifs is 1. The van der Waals surface area contributed by atoms with E-state index in [4.69, 9.17) is 0 Å². The lowest BCUT2D eigenvalue weighted by molar-refractivity contribution is -0.126. The van der Waals surface area contributed by atoms with Crippen LogP contribution in [0.15, 0.2) is 60.2 Å². The second-order valence-electron chi connectivity index (χ2n) is 7.36. The molecule has 4 rings (SSSR count). The van der Waals surface area contributed by atoms with Crippen LogP contribution in [0.5, 0.6) is 0 Å². The van der Waals surface area contributed by atoms with E-state index < -0.39 is 0 Å². The fourth-order valence-electron chi connectivity index (χ4n) is 4.00. The van der Waals surface area contributed by atoms with Crippen LogP contribution in [0.25, 0.3) is 17.0 Å². The molecule has 0 radical (unpaired) electrons. The number of nitrogens with zero attached hydrogens (tertiary/aromatic N) is 4. The molecule has 0 bridgehead atoms. The van der Waals surface area contributed by atoms with Gasteiger partial charge < -0.3 is 14.4 Å². The Morgan fingerprint density at radius 3 is 2.34 bits per heavy atom. The summed E-state index contributed by atoms with van der Waals surface area (Å²) < 4.78 is 2.10. The lowest BCUT2D eigenvalue weighted by Gasteiger charge is -2.36. The minimum atomic E-state index is -0.187. The maximum Gasteiger partial charge on any atom is 0.264 e. The molecule has 1 saturated heterocycles. The largest absolute Gasteiger partial charge is 0.368 e. The van der Waals surface area contributed by atoms with Crippen molar-refractivity contribution in [2.24, 2.45) is 7.05 Å². The number of carbonyl (C=O) groups excluding carboxylic acids is 1. The highest BCUT2D eigenvalue weighted by atomic mass is 16.2. The molecule has 1 aliphatic rings. The zero-order valence-corrected chi connectivity index (χ0v) is 16.8. The summed E-state index contributed by atoms with van der Waals surface area (Å²) >= 11 is 0. The highest BCUT2D eigenvalue weighted by Gasteiger charge is 2.24. The molecule has 3 aromatic rings. The number of para-hydroxylation sites is 2. The van der Waals surface area contributed by atoms with E-state index in [9.17, 15) is 10.1 Å². The number of rotatable bonds is 3. The maximum absolute atomic E-state index is 13.0. The minimum Gasteiger partial charge on any atom is -0.368 e. The molecular formula is C24H24N4O. The van der Waals surface area contributed by atoms with Gasteiger partial charge in [-0.3, -0.25) is 4.79 Å². The van der Waals surface area contributed by atoms with Gasteiger partial charge in [0.1, 0.15) is 11.6 Å². The monoisotopic (exact) mass is 384 g/mol. The van der Waals surface area contributed by atoms with Crippen molar-refractivity contribution in [2.45, 2.75) is 6.92 Å². The third kappa shape index (κ3) is 3.50. The standard InChI is InChI=1S/C24H24N4O/c1-18-22(21-10-6-7-11-23(21)26(18)2)16-19(17-25)24(29)28-14-12-27(13-15-28)20-8-4-3-5-9-20/h3-11,16H,12-15H2,1-2H3/b19-16-. The Bertz CT molecular complexity index is 1110. The summed E-state index contributed by atoms with van der Waals surface area (Å²) in [5.74, 6) is -0.187. The summed E-state index contributed by atoms with van der Waals surface area (Å²) in [4.78, 5) is 17.1. The number of aromatic nitrogens is 1. The average molecular weight is 384 g/mol. The first-order chi connectivity index (χ1) is 14.1. The van der Waals surface area contributed by atoms with Crippen LogP contribution in [0.2, 0.25) is 0 Å². The third-order valence-corrected chi connectivity index (χ3v) is 5.78. The quantitative estimate of drug-likeness (QED) is 0.511. The Morgan fingerprint density at radius 1 is 1.00 bits per heavy atom. The van der Waals surface area contributed by atoms with E-state index in [0.717, 1.165) is 35.2 Å². The van der Waals surface area contributed by atoms with Crippen molar-refractivity contribution in [1.29, 1.82) is 5.26 Å². The predicted octanol–water partition coefficient (Wildman–Crippen LogP) is 3.74. The summed E-state index contributed by atoms with van der Waals surface area (Å²) in [7, 11) is 2.01. The number of anilines is 1. The van der Waals surface area contributed by atoms with Crippen LogP contribution >= 0.6 is 0 Å². The number of carbonyl (C=O) groups is 1. The van der Waals surface area contributed by atoms with Crippen LogP contribution < -0.4 is 4.90 Å². The van der Waals surface area contributed by atoms with Gasteiger partial charge in [0.05, 0.1) is 0 Å². The molecule has 1 aromatic heterocycles. The first-order valence-corrected chi connectivity index (χ1v) is 9.85. The van der Waals surface area contributed by atoms with Crippen LogP contribution in [0.1, 0.15) is 11.3 Å². The Hall–Kier alpha value is -3.52. The van der Waals surface area contributed by atoms with E-state index in [2.05, 4.69) is 33.7 Å². The van der Waals surface area contributed by atoms with Crippen molar-refractivity contribution in [3.63, 3.8) is 0 Å². The Labute approximate surface area is 171 Å². The van der Waals surface area contributed by atoms with Gasteiger partial charge in [0.15, 0.2) is 0 Å². The SMILES string of the molecule is Cc1c(/C=C(/C#N)C(=O)N2CCN(c3ccccc3)CC2)c2ccccc2n1C. The van der Waals surface area contributed by atoms with Gasteiger partial charge in [-0.15, -0.1) is 0 Å². The first kappa shape index (κ1) is 18.8. The third-order valence-electron chi connectivity index (χ3n) is 5.78. The molecule has 5 nitrogen and oxygen atoms in total. The van der Waals surface area contributed by atoms with Gasteiger partial charge in [0.25, 0.3) is 5.91 Å². The molecule has 1 amide bonds. The fraction of sp³-hybridized carbons (Fsp3) is 0.250. The van der Waals surface area contributed by atoms with E-state index >= 15 is 0 Å². The van der Waals surface area contributed by atoms with Crippen LogP contribution in [-0.4, -0.2) is 41.6 Å². The summed E-state index contributed by atoms with van der Waals surface area (Å²) in [6.45, 7) is 4.77. The number of hydrogen-bond donors (Lipinski definition) is 0. The van der Waals surface area contributed by atoms with Crippen molar-refractivity contribution in [1.82, 2.24) is 9.47 Å². The molecule has 1 aliphatic heterocycles. The van der Waals surface area contributed by atoms with Crippen molar-refractivity contribution in [3.8, 4) is 6.07 Å². The molecule has 2 aromatic carbocycles. The Morgan fingerprint density at radius 2 is 1.66 bits per heavy atom. The normalized spacial score (nSPS) is 14.9. The second-order valence-corrected chi connectivity index (χ2v) is 7.36. The smallest absolute Gasteiger partial charge is 0.264 e. The van der Waals surface area contributed by atoms with Crippen LogP contribution in [0.4, 0.5) is 5.69 Å². The van der Waals surface area contributed by atoms with Crippen molar-refractivity contribution < 1.29 is 4.79 Å². The first-order valence-electron chi connectivity index (χ1n) is 9.85. The van der Waals surface area contributed by atoms with E-state index in [0.29, 0.717) is 13.1 Å². The van der Waals surface area contributed by atoms with Crippen molar-refractivity contribution >= 4 is 28.6 Å². The lowest BCUT2D eigenvalue weighted by atomic mass is 10.1. The summed E-state index contributed by atoms with van der Waals surface area (Å²) in [6.07, 6.45) is 1.75. The van der Waals surface area contributed by atoms with E-state index in [1.165, 1.54) is 5.69 Å². The highest BCUT2D eigenvalue weighted by Crippen LogP contribution is 2.27. The number of amides is 1. The van der Waals surface area contributed by atoms with Crippen LogP contribution in [0.3, 0.4) is 0 Å². The topological polar surface area (TPSA) is 52.3 Å². The van der Waals surface area contributed by atoms with E-state index in [1.54, 1.807) is 11.0 Å². The zero-order chi connectivity index (χ0) is 20.4. The van der Waals surface area contributed by atoms with Gasteiger partial charge >= 0.3 is 0 Å². The summed E-state index contributed by atoms with van der Waals surface area (Å²) in [5.41, 5.74) is 4.44. The Balaban J connectivity index is 1.56. The molecule has 0 spiro atoms. The van der Waals surface area contributed by atoms with Gasteiger partial charge in [0, 0.05) is 61.1 Å². The average Bonchev–Trinajstić information content (AvgIpc) is 3.02. The highest BCUT2D eigenvalue weighted by molar-refractivity contribution is 6.04. The molecule has 146 valence electrons. The second kappa shape index (κ2) is 7.84. The molecule has 29 heavy (non-hydrogen) atoms. The van der Waals surface area contributed by atoms with Crippen molar-refractivity contribution in [2.75, 3.05) is 31.1 Å². The number of benzene rings is 2. The molecule has 0 atom stereocenters. The van der Waals surface area contributed by atoms with E-state index in [-0.39, 0.29) is 11.5 Å². The van der Waals surface area contributed by atoms with E-state index in [1.807, 2.05) is 50.4 Å². The van der Waals surface area contributed by atoms with Gasteiger partial charge in [-0.1, -0.05) is 36.4 Å². The molecule has 1 fully saturated rings. The fourth-order valence-corrected chi connectivity index (χ4v) is 4.00. The van der Waals surface area contributed by atoms with Crippen LogP contribution in [-0.2, 0) is 11.8 Å². The molecular weight excluding hydrogens is 360 g/mol. The lowest BCUT2D eigenvalue weighted by Crippen LogP contribution is -2.49. The van der Waals surface area contributed by atoms with Gasteiger partial charge in [-0.2, -0.15) is 5.26 Å². The summed E-state index contributed by atoms with van der Waals surface area (Å²) in [5, 5.41) is 10.8. The van der Waals surface area contributed by atoms with Crippen LogP contribution in [0, 0.1) is 18.3 Å². The molecule has 0 saturated carbocycles. The summed E-state index contributed by atoms with van der Waals surface area (Å²) in [6, 6.07) is 20.4.